The van der Waals surface area contributed by atoms with Crippen LogP contribution >= 0.6 is 11.6 Å². The van der Waals surface area contributed by atoms with Crippen molar-refractivity contribution in [2.24, 2.45) is 28.6 Å². The molecule has 0 spiro atoms. The lowest BCUT2D eigenvalue weighted by Gasteiger charge is -2.63. The summed E-state index contributed by atoms with van der Waals surface area (Å²) >= 11 is 6.11. The first-order valence-electron chi connectivity index (χ1n) is 14.3. The van der Waals surface area contributed by atoms with Crippen LogP contribution in [0.5, 0.6) is 0 Å². The highest BCUT2D eigenvalue weighted by Crippen LogP contribution is 2.73. The van der Waals surface area contributed by atoms with Gasteiger partial charge in [-0.05, 0) is 87.9 Å². The molecule has 1 aromatic rings. The third-order valence-electron chi connectivity index (χ3n) is 11.0. The van der Waals surface area contributed by atoms with Gasteiger partial charge in [0.15, 0.2) is 5.67 Å². The summed E-state index contributed by atoms with van der Waals surface area (Å²) < 4.78 is 39.6. The number of nitrogens with zero attached hydrogens (tertiary/aromatic N) is 1. The van der Waals surface area contributed by atoms with E-state index in [1.807, 2.05) is 6.92 Å². The summed E-state index contributed by atoms with van der Waals surface area (Å²) in [7, 11) is 0. The Kier molecular flexibility index (Phi) is 6.41. The molecule has 1 aromatic carbocycles. The molecule has 4 fully saturated rings. The minimum atomic E-state index is -2.21. The number of ether oxygens (including phenoxy) is 1. The van der Waals surface area contributed by atoms with Crippen LogP contribution in [0.1, 0.15) is 47.0 Å². The highest BCUT2D eigenvalue weighted by atomic mass is 35.5. The summed E-state index contributed by atoms with van der Waals surface area (Å²) in [5.74, 6) is -2.40. The maximum absolute atomic E-state index is 17.7. The van der Waals surface area contributed by atoms with Crippen LogP contribution in [-0.4, -0.2) is 58.0 Å². The van der Waals surface area contributed by atoms with E-state index in [0.717, 1.165) is 0 Å². The Morgan fingerprint density at radius 1 is 1.22 bits per heavy atom. The normalized spacial score (nSPS) is 44.8. The summed E-state index contributed by atoms with van der Waals surface area (Å²) in [4.78, 5) is 21.0. The highest BCUT2D eigenvalue weighted by molar-refractivity contribution is 6.30. The fourth-order valence-electron chi connectivity index (χ4n) is 8.82. The van der Waals surface area contributed by atoms with Gasteiger partial charge in [0.2, 0.25) is 5.60 Å². The van der Waals surface area contributed by atoms with Gasteiger partial charge in [-0.25, -0.2) is 13.6 Å². The lowest BCUT2D eigenvalue weighted by atomic mass is 9.44. The Labute approximate surface area is 244 Å². The molecule has 1 unspecified atom stereocenters. The number of aliphatic hydroxyl groups is 2. The average molecular weight is 590 g/mol. The molecule has 6 rings (SSSR count). The lowest BCUT2D eigenvalue weighted by Crippen LogP contribution is -2.71. The number of anilines is 1. The number of fused-ring (bicyclic) bond motifs is 7. The van der Waals surface area contributed by atoms with Gasteiger partial charge >= 0.3 is 5.97 Å². The van der Waals surface area contributed by atoms with Crippen LogP contribution in [0.2, 0.25) is 5.02 Å². The van der Waals surface area contributed by atoms with E-state index in [-0.39, 0.29) is 18.4 Å². The molecular weight excluding hydrogens is 552 g/mol. The third-order valence-corrected chi connectivity index (χ3v) is 11.2. The van der Waals surface area contributed by atoms with Gasteiger partial charge in [0.05, 0.1) is 24.4 Å². The van der Waals surface area contributed by atoms with Gasteiger partial charge in [0.25, 0.3) is 0 Å². The molecule has 41 heavy (non-hydrogen) atoms. The van der Waals surface area contributed by atoms with Crippen LogP contribution in [0.15, 0.2) is 60.7 Å². The molecule has 9 heteroatoms. The van der Waals surface area contributed by atoms with Gasteiger partial charge < -0.3 is 14.9 Å². The highest BCUT2D eigenvalue weighted by Gasteiger charge is 2.80. The molecule has 0 amide bonds. The fourth-order valence-corrected chi connectivity index (χ4v) is 8.95. The Balaban J connectivity index is 1.46. The Hall–Kier alpha value is -2.26. The summed E-state index contributed by atoms with van der Waals surface area (Å²) in [5, 5.41) is 24.1. The van der Waals surface area contributed by atoms with E-state index in [1.165, 1.54) is 24.3 Å². The van der Waals surface area contributed by atoms with E-state index in [2.05, 4.69) is 6.58 Å². The van der Waals surface area contributed by atoms with Crippen LogP contribution in [0.25, 0.3) is 0 Å². The van der Waals surface area contributed by atoms with Crippen molar-refractivity contribution in [1.82, 2.24) is 0 Å². The number of aliphatic hydroxyl groups excluding tert-OH is 2. The zero-order valence-electron chi connectivity index (χ0n) is 23.8. The van der Waals surface area contributed by atoms with Gasteiger partial charge in [-0.1, -0.05) is 37.3 Å². The Bertz CT molecular complexity index is 1330. The molecule has 6 nitrogen and oxygen atoms in total. The van der Waals surface area contributed by atoms with Crippen molar-refractivity contribution in [3.8, 4) is 0 Å². The van der Waals surface area contributed by atoms with Crippen LogP contribution in [0.4, 0.5) is 14.5 Å². The van der Waals surface area contributed by atoms with Gasteiger partial charge in [0, 0.05) is 27.7 Å². The van der Waals surface area contributed by atoms with Gasteiger partial charge in [-0.3, -0.25) is 9.90 Å². The SMILES string of the molecule is C=CC(C)(C)OC(=O)[C@@]12ON(c3ccc(Cl)cc3)C[C@@H]1C[C@H]1[C@@H]3C[C@H](F)C4=CC(O)C=C[C@]4(C)[C@@]3(F)[C@@H](O)C[C@@]12C. The number of halogens is 3. The molecule has 1 saturated heterocycles. The second kappa shape index (κ2) is 9.12. The number of rotatable bonds is 4. The maximum Gasteiger partial charge on any atom is 0.343 e. The molecule has 3 saturated carbocycles. The molecule has 1 aliphatic heterocycles. The monoisotopic (exact) mass is 589 g/mol. The molecule has 2 N–H and O–H groups in total. The van der Waals surface area contributed by atoms with Crippen LogP contribution < -0.4 is 5.06 Å². The van der Waals surface area contributed by atoms with Crippen molar-refractivity contribution < 1.29 is 33.4 Å². The summed E-state index contributed by atoms with van der Waals surface area (Å²) in [6.45, 7) is 11.0. The molecule has 0 aromatic heterocycles. The molecule has 4 aliphatic carbocycles. The van der Waals surface area contributed by atoms with Gasteiger partial charge in [-0.15, -0.1) is 0 Å². The topological polar surface area (TPSA) is 79.2 Å². The number of hydrogen-bond donors (Lipinski definition) is 2. The van der Waals surface area contributed by atoms with E-state index in [4.69, 9.17) is 21.2 Å². The van der Waals surface area contributed by atoms with Crippen molar-refractivity contribution in [1.29, 1.82) is 0 Å². The average Bonchev–Trinajstić information content (AvgIpc) is 3.41. The largest absolute Gasteiger partial charge is 0.453 e. The molecule has 5 aliphatic rings. The minimum absolute atomic E-state index is 0.0878. The first-order valence-corrected chi connectivity index (χ1v) is 14.7. The molecule has 0 bridgehead atoms. The second-order valence-electron chi connectivity index (χ2n) is 13.5. The van der Waals surface area contributed by atoms with Crippen molar-refractivity contribution in [2.75, 3.05) is 11.6 Å². The van der Waals surface area contributed by atoms with Crippen molar-refractivity contribution in [3.05, 3.63) is 65.7 Å². The molecule has 1 heterocycles. The quantitative estimate of drug-likeness (QED) is 0.348. The van der Waals surface area contributed by atoms with E-state index >= 15 is 8.78 Å². The number of allylic oxidation sites excluding steroid dienone is 2. The summed E-state index contributed by atoms with van der Waals surface area (Å²) in [5.41, 5.74) is -6.42. The lowest BCUT2D eigenvalue weighted by molar-refractivity contribution is -0.238. The smallest absolute Gasteiger partial charge is 0.343 e. The molecule has 222 valence electrons. The van der Waals surface area contributed by atoms with Crippen LogP contribution in [0, 0.1) is 28.6 Å². The van der Waals surface area contributed by atoms with E-state index in [0.29, 0.717) is 23.7 Å². The number of carbonyl (C=O) groups is 1. The zero-order chi connectivity index (χ0) is 29.8. The number of hydrogen-bond acceptors (Lipinski definition) is 6. The molecular formula is C32H38ClF2NO5. The molecule has 10 atom stereocenters. The predicted octanol–water partition coefficient (Wildman–Crippen LogP) is 5.67. The number of esters is 1. The third kappa shape index (κ3) is 3.73. The fraction of sp³-hybridized carbons (Fsp3) is 0.594. The second-order valence-corrected chi connectivity index (χ2v) is 13.9. The number of hydroxylamine groups is 1. The van der Waals surface area contributed by atoms with E-state index in [1.54, 1.807) is 50.1 Å². The Morgan fingerprint density at radius 3 is 2.56 bits per heavy atom. The van der Waals surface area contributed by atoms with Crippen LogP contribution in [-0.2, 0) is 14.4 Å². The van der Waals surface area contributed by atoms with Crippen molar-refractivity contribution >= 4 is 23.3 Å². The van der Waals surface area contributed by atoms with Gasteiger partial charge in [0.1, 0.15) is 11.8 Å². The van der Waals surface area contributed by atoms with Crippen molar-refractivity contribution in [3.63, 3.8) is 0 Å². The molecule has 0 radical (unpaired) electrons. The zero-order valence-corrected chi connectivity index (χ0v) is 24.6. The number of alkyl halides is 2. The number of carbonyl (C=O) groups excluding carboxylic acids is 1. The maximum atomic E-state index is 17.7. The van der Waals surface area contributed by atoms with E-state index in [9.17, 15) is 15.0 Å². The summed E-state index contributed by atoms with van der Waals surface area (Å²) in [6, 6.07) is 7.06. The van der Waals surface area contributed by atoms with Gasteiger partial charge in [-0.2, -0.15) is 0 Å². The van der Waals surface area contributed by atoms with E-state index < -0.39 is 69.8 Å². The Morgan fingerprint density at radius 2 is 1.90 bits per heavy atom. The number of benzene rings is 1. The predicted molar refractivity (Wildman–Crippen MR) is 151 cm³/mol. The first-order chi connectivity index (χ1) is 19.1. The summed E-state index contributed by atoms with van der Waals surface area (Å²) in [6.07, 6.45) is 1.98. The standard InChI is InChI=1S/C32H38ClF2NO5/c1-6-28(2,3)40-27(39)32-18(17-36(41-32)20-9-7-19(33)8-10-20)13-22-23-15-25(34)24-14-21(37)11-12-29(24,4)31(23,35)26(38)16-30(22,32)5/h6-12,14,18,21-23,25-26,37-38H,1,13,15-17H2,2-5H3/t18-,21?,22-,23-,25-,26-,29-,30-,31-,32-/m0/s1. The first kappa shape index (κ1) is 28.8. The van der Waals surface area contributed by atoms with Crippen LogP contribution in [0.3, 0.4) is 0 Å². The van der Waals surface area contributed by atoms with Crippen molar-refractivity contribution in [2.45, 2.75) is 82.2 Å². The minimum Gasteiger partial charge on any atom is -0.453 e.